The first-order valence-electron chi connectivity index (χ1n) is 13.4. The lowest BCUT2D eigenvalue weighted by atomic mass is 9.99. The van der Waals surface area contributed by atoms with Crippen molar-refractivity contribution in [1.82, 2.24) is 14.9 Å². The van der Waals surface area contributed by atoms with Gasteiger partial charge in [0.05, 0.1) is 26.3 Å². The van der Waals surface area contributed by atoms with E-state index in [-0.39, 0.29) is 0 Å². The van der Waals surface area contributed by atoms with E-state index < -0.39 is 0 Å². The third kappa shape index (κ3) is 4.81. The number of aryl methyl sites for hydroxylation is 1. The standard InChI is InChI=1S/C27H38N7O/c1-31-12-6-11-28-26(31)33-15-5-7-21(8-16-33)22-19-24-25(29-20-22)30-27(35-24)34-17-9-23(10-18-34)32-13-3-2-4-14-32/h6,8,11-12,19,23,29H,2-5,7,9-10,13-18,20H2,1H3/q+1. The lowest BCUT2D eigenvalue weighted by Crippen LogP contribution is -2.46. The fourth-order valence-corrected chi connectivity index (χ4v) is 6.07. The molecule has 0 atom stereocenters. The summed E-state index contributed by atoms with van der Waals surface area (Å²) < 4.78 is 8.39. The Balaban J connectivity index is 1.12. The van der Waals surface area contributed by atoms with Crippen LogP contribution in [0.25, 0.3) is 6.08 Å². The number of hydrogen-bond acceptors (Lipinski definition) is 7. The third-order valence-electron chi connectivity index (χ3n) is 8.06. The minimum absolute atomic E-state index is 0.732. The van der Waals surface area contributed by atoms with E-state index in [2.05, 4.69) is 55.0 Å². The molecule has 0 bridgehead atoms. The Hall–Kier alpha value is -2.87. The molecule has 4 aliphatic heterocycles. The molecule has 4 aliphatic rings. The van der Waals surface area contributed by atoms with Crippen LogP contribution in [0, 0.1) is 0 Å². The number of nitrogens with one attached hydrogen (secondary N) is 1. The van der Waals surface area contributed by atoms with Gasteiger partial charge in [0.25, 0.3) is 6.01 Å². The Morgan fingerprint density at radius 1 is 1.00 bits per heavy atom. The Morgan fingerprint density at radius 3 is 2.69 bits per heavy atom. The van der Waals surface area contributed by atoms with Gasteiger partial charge in [-0.05, 0) is 74.9 Å². The number of piperidine rings is 2. The van der Waals surface area contributed by atoms with Crippen LogP contribution in [0.15, 0.2) is 40.1 Å². The van der Waals surface area contributed by atoms with Gasteiger partial charge in [0.1, 0.15) is 6.20 Å². The first-order valence-corrected chi connectivity index (χ1v) is 13.4. The van der Waals surface area contributed by atoms with Crippen molar-refractivity contribution in [3.8, 4) is 0 Å². The zero-order valence-corrected chi connectivity index (χ0v) is 21.0. The topological polar surface area (TPSA) is 64.5 Å². The molecular formula is C27H38N7O+. The van der Waals surface area contributed by atoms with Crippen molar-refractivity contribution in [3.63, 3.8) is 0 Å². The van der Waals surface area contributed by atoms with E-state index in [1.165, 1.54) is 56.3 Å². The lowest BCUT2D eigenvalue weighted by Gasteiger charge is -2.39. The molecular weight excluding hydrogens is 438 g/mol. The molecule has 8 heteroatoms. The maximum Gasteiger partial charge on any atom is 0.393 e. The fourth-order valence-electron chi connectivity index (χ4n) is 6.07. The van der Waals surface area contributed by atoms with Gasteiger partial charge < -0.3 is 19.5 Å². The average Bonchev–Trinajstić information content (AvgIpc) is 3.19. The highest BCUT2D eigenvalue weighted by Crippen LogP contribution is 2.33. The van der Waals surface area contributed by atoms with E-state index in [0.717, 1.165) is 75.1 Å². The predicted molar refractivity (Wildman–Crippen MR) is 139 cm³/mol. The van der Waals surface area contributed by atoms with Gasteiger partial charge in [-0.1, -0.05) is 11.4 Å². The van der Waals surface area contributed by atoms with Crippen LogP contribution < -0.4 is 19.7 Å². The second-order valence-corrected chi connectivity index (χ2v) is 10.4. The van der Waals surface area contributed by atoms with E-state index in [0.29, 0.717) is 0 Å². The van der Waals surface area contributed by atoms with Crippen LogP contribution in [-0.4, -0.2) is 66.7 Å². The van der Waals surface area contributed by atoms with Crippen molar-refractivity contribution in [2.24, 2.45) is 7.05 Å². The maximum atomic E-state index is 6.30. The Morgan fingerprint density at radius 2 is 1.86 bits per heavy atom. The van der Waals surface area contributed by atoms with Gasteiger partial charge in [-0.3, -0.25) is 4.90 Å². The van der Waals surface area contributed by atoms with Crippen LogP contribution in [0.3, 0.4) is 0 Å². The molecule has 2 saturated heterocycles. The molecule has 186 valence electrons. The summed E-state index contributed by atoms with van der Waals surface area (Å²) in [7, 11) is 2.06. The summed E-state index contributed by atoms with van der Waals surface area (Å²) in [5.41, 5.74) is 2.72. The summed E-state index contributed by atoms with van der Waals surface area (Å²) in [6.45, 7) is 7.31. The second kappa shape index (κ2) is 10.0. The van der Waals surface area contributed by atoms with Gasteiger partial charge in [-0.15, -0.1) is 0 Å². The van der Waals surface area contributed by atoms with Crippen molar-refractivity contribution in [3.05, 3.63) is 41.4 Å². The molecule has 0 radical (unpaired) electrons. The van der Waals surface area contributed by atoms with E-state index in [1.54, 1.807) is 0 Å². The van der Waals surface area contributed by atoms with Gasteiger partial charge in [-0.2, -0.15) is 4.98 Å². The first kappa shape index (κ1) is 22.6. The zero-order valence-electron chi connectivity index (χ0n) is 21.0. The molecule has 2 aromatic heterocycles. The fraction of sp³-hybridized carbons (Fsp3) is 0.593. The molecule has 6 heterocycles. The van der Waals surface area contributed by atoms with Crippen LogP contribution in [0.5, 0.6) is 0 Å². The monoisotopic (exact) mass is 476 g/mol. The van der Waals surface area contributed by atoms with Crippen molar-refractivity contribution in [1.29, 1.82) is 0 Å². The number of rotatable bonds is 4. The van der Waals surface area contributed by atoms with Gasteiger partial charge >= 0.3 is 5.95 Å². The predicted octanol–water partition coefficient (Wildman–Crippen LogP) is 3.38. The molecule has 2 fully saturated rings. The quantitative estimate of drug-likeness (QED) is 0.679. The summed E-state index contributed by atoms with van der Waals surface area (Å²) in [5, 5.41) is 3.52. The third-order valence-corrected chi connectivity index (χ3v) is 8.06. The van der Waals surface area contributed by atoms with E-state index in [1.807, 2.05) is 12.3 Å². The summed E-state index contributed by atoms with van der Waals surface area (Å²) in [6.07, 6.45) is 17.2. The highest BCUT2D eigenvalue weighted by atomic mass is 16.4. The number of likely N-dealkylation sites (tertiary alicyclic amines) is 1. The number of hydrogen-bond donors (Lipinski definition) is 1. The summed E-state index contributed by atoms with van der Waals surface area (Å²) in [5.74, 6) is 2.78. The Bertz CT molecular complexity index is 1090. The molecule has 6 rings (SSSR count). The highest BCUT2D eigenvalue weighted by Gasteiger charge is 2.29. The van der Waals surface area contributed by atoms with Gasteiger partial charge in [0.2, 0.25) is 0 Å². The van der Waals surface area contributed by atoms with Crippen LogP contribution in [-0.2, 0) is 7.05 Å². The van der Waals surface area contributed by atoms with Crippen molar-refractivity contribution in [2.45, 2.75) is 51.0 Å². The molecule has 0 saturated carbocycles. The Labute approximate surface area is 208 Å². The van der Waals surface area contributed by atoms with E-state index in [9.17, 15) is 0 Å². The smallest absolute Gasteiger partial charge is 0.393 e. The molecule has 1 N–H and O–H groups in total. The molecule has 0 aliphatic carbocycles. The van der Waals surface area contributed by atoms with Gasteiger partial charge in [-0.25, -0.2) is 4.57 Å². The molecule has 2 aromatic rings. The first-order chi connectivity index (χ1) is 17.2. The minimum atomic E-state index is 0.732. The highest BCUT2D eigenvalue weighted by molar-refractivity contribution is 5.70. The van der Waals surface area contributed by atoms with Gasteiger partial charge in [0.15, 0.2) is 11.6 Å². The maximum absolute atomic E-state index is 6.30. The van der Waals surface area contributed by atoms with Gasteiger partial charge in [0, 0.05) is 31.7 Å². The zero-order chi connectivity index (χ0) is 23.6. The largest absolute Gasteiger partial charge is 0.422 e. The summed E-state index contributed by atoms with van der Waals surface area (Å²) in [4.78, 5) is 16.8. The van der Waals surface area contributed by atoms with E-state index >= 15 is 0 Å². The van der Waals surface area contributed by atoms with Crippen molar-refractivity contribution < 1.29 is 8.98 Å². The normalized spacial score (nSPS) is 22.2. The number of fused-ring (bicyclic) bond motifs is 1. The molecule has 8 nitrogen and oxygen atoms in total. The van der Waals surface area contributed by atoms with Crippen molar-refractivity contribution in [2.75, 3.05) is 60.9 Å². The lowest BCUT2D eigenvalue weighted by molar-refractivity contribution is -0.661. The molecule has 0 amide bonds. The number of nitrogens with zero attached hydrogens (tertiary/aromatic N) is 6. The molecule has 0 unspecified atom stereocenters. The van der Waals surface area contributed by atoms with Crippen LogP contribution in [0.4, 0.5) is 17.8 Å². The number of aromatic nitrogens is 3. The summed E-state index contributed by atoms with van der Waals surface area (Å²) in [6, 6.07) is 3.48. The van der Waals surface area contributed by atoms with Crippen molar-refractivity contribution >= 4 is 23.9 Å². The van der Waals surface area contributed by atoms with E-state index in [4.69, 9.17) is 9.40 Å². The average molecular weight is 477 g/mol. The molecule has 0 spiro atoms. The SMILES string of the molecule is C[n+]1cccnc1N1CC=C(C2=Cc3oc(N4CCC(N5CCCCC5)CC4)nc3NC2)CCC1. The summed E-state index contributed by atoms with van der Waals surface area (Å²) >= 11 is 0. The van der Waals surface area contributed by atoms with Crippen LogP contribution in [0.1, 0.15) is 50.7 Å². The number of anilines is 3. The second-order valence-electron chi connectivity index (χ2n) is 10.4. The minimum Gasteiger partial charge on any atom is -0.422 e. The van der Waals surface area contributed by atoms with Crippen LogP contribution >= 0.6 is 0 Å². The number of oxazole rings is 1. The molecule has 0 aromatic carbocycles. The Kier molecular flexibility index (Phi) is 6.46. The molecule has 35 heavy (non-hydrogen) atoms. The van der Waals surface area contributed by atoms with Crippen LogP contribution in [0.2, 0.25) is 0 Å².